The molecular weight excluding hydrogens is 396 g/mol. The van der Waals surface area contributed by atoms with Crippen molar-refractivity contribution in [2.24, 2.45) is 5.84 Å². The lowest BCUT2D eigenvalue weighted by atomic mass is 10.1. The molecule has 1 aliphatic rings. The van der Waals surface area contributed by atoms with Crippen molar-refractivity contribution in [3.63, 3.8) is 0 Å². The van der Waals surface area contributed by atoms with E-state index in [9.17, 15) is 8.42 Å². The zero-order valence-electron chi connectivity index (χ0n) is 15.8. The number of nitrogens with zero attached hydrogens (tertiary/aromatic N) is 4. The third kappa shape index (κ3) is 4.01. The fourth-order valence-electron chi connectivity index (χ4n) is 3.22. The summed E-state index contributed by atoms with van der Waals surface area (Å²) >= 11 is 0. The molecule has 0 saturated heterocycles. The molecule has 1 aromatic carbocycles. The van der Waals surface area contributed by atoms with Crippen molar-refractivity contribution in [1.82, 2.24) is 20.0 Å². The van der Waals surface area contributed by atoms with Gasteiger partial charge in [0.1, 0.15) is 17.2 Å². The fourth-order valence-corrected chi connectivity index (χ4v) is 3.72. The Bertz CT molecular complexity index is 1210. The van der Waals surface area contributed by atoms with E-state index in [2.05, 4.69) is 15.0 Å². The molecule has 0 radical (unpaired) electrons. The number of nitrogens with two attached hydrogens (primary N) is 1. The Morgan fingerprint density at radius 2 is 2.07 bits per heavy atom. The van der Waals surface area contributed by atoms with Gasteiger partial charge in [-0.1, -0.05) is 17.3 Å². The molecule has 0 bridgehead atoms. The molecule has 0 spiro atoms. The molecule has 29 heavy (non-hydrogen) atoms. The Morgan fingerprint density at radius 1 is 1.28 bits per heavy atom. The normalized spacial score (nSPS) is 13.9. The second kappa shape index (κ2) is 7.03. The minimum atomic E-state index is -4.36. The molecule has 0 saturated carbocycles. The topological polar surface area (TPSA) is 140 Å². The van der Waals surface area contributed by atoms with E-state index < -0.39 is 10.3 Å². The molecule has 0 atom stereocenters. The van der Waals surface area contributed by atoms with Gasteiger partial charge in [-0.2, -0.15) is 8.42 Å². The SMILES string of the molecule is Cc1ccc(C2=CN(N)Cc3c2nnn3Cc2ccc(C)c(NS(=O)(=O)O)c2)o1. The molecule has 0 fully saturated rings. The van der Waals surface area contributed by atoms with Crippen molar-refractivity contribution >= 4 is 21.6 Å². The van der Waals surface area contributed by atoms with E-state index in [0.29, 0.717) is 35.8 Å². The Kier molecular flexibility index (Phi) is 4.65. The molecule has 10 nitrogen and oxygen atoms in total. The molecule has 0 amide bonds. The molecular formula is C18H20N6O4S. The molecule has 11 heteroatoms. The van der Waals surface area contributed by atoms with Crippen molar-refractivity contribution in [3.05, 3.63) is 70.6 Å². The maximum Gasteiger partial charge on any atom is 0.357 e. The summed E-state index contributed by atoms with van der Waals surface area (Å²) in [7, 11) is -4.36. The van der Waals surface area contributed by atoms with Crippen molar-refractivity contribution in [2.75, 3.05) is 4.72 Å². The molecule has 0 aliphatic carbocycles. The van der Waals surface area contributed by atoms with Crippen LogP contribution in [-0.2, 0) is 23.4 Å². The van der Waals surface area contributed by atoms with Crippen LogP contribution in [0.4, 0.5) is 5.69 Å². The largest absolute Gasteiger partial charge is 0.461 e. The van der Waals surface area contributed by atoms with E-state index in [1.807, 2.05) is 25.1 Å². The summed E-state index contributed by atoms with van der Waals surface area (Å²) in [4.78, 5) is 0. The standard InChI is InChI=1S/C18H20N6O4S/c1-11-3-5-13(7-15(11)21-29(25,26)27)8-24-16-10-23(19)9-14(18(16)20-22-24)17-6-4-12(2)28-17/h3-7,9,21H,8,10,19H2,1-2H3,(H,25,26,27). The predicted octanol–water partition coefficient (Wildman–Crippen LogP) is 1.83. The first-order valence-electron chi connectivity index (χ1n) is 8.77. The number of aromatic nitrogens is 3. The van der Waals surface area contributed by atoms with Gasteiger partial charge in [0.15, 0.2) is 0 Å². The van der Waals surface area contributed by atoms with Crippen LogP contribution < -0.4 is 10.6 Å². The van der Waals surface area contributed by atoms with Crippen LogP contribution in [0, 0.1) is 13.8 Å². The van der Waals surface area contributed by atoms with Gasteiger partial charge in [-0.15, -0.1) is 5.10 Å². The minimum Gasteiger partial charge on any atom is -0.461 e. The fraction of sp³-hybridized carbons (Fsp3) is 0.222. The summed E-state index contributed by atoms with van der Waals surface area (Å²) in [6.45, 7) is 4.36. The molecule has 3 heterocycles. The molecule has 1 aliphatic heterocycles. The Morgan fingerprint density at radius 3 is 2.76 bits per heavy atom. The van der Waals surface area contributed by atoms with Gasteiger partial charge < -0.3 is 9.43 Å². The minimum absolute atomic E-state index is 0.297. The van der Waals surface area contributed by atoms with Crippen LogP contribution in [0.3, 0.4) is 0 Å². The van der Waals surface area contributed by atoms with Gasteiger partial charge in [0, 0.05) is 6.20 Å². The first kappa shape index (κ1) is 19.2. The van der Waals surface area contributed by atoms with Crippen molar-refractivity contribution in [3.8, 4) is 0 Å². The van der Waals surface area contributed by atoms with Gasteiger partial charge in [-0.05, 0) is 43.2 Å². The van der Waals surface area contributed by atoms with Crippen LogP contribution in [0.25, 0.3) is 5.57 Å². The first-order chi connectivity index (χ1) is 13.7. The molecule has 0 unspecified atom stereocenters. The van der Waals surface area contributed by atoms with E-state index in [0.717, 1.165) is 22.6 Å². The van der Waals surface area contributed by atoms with E-state index in [-0.39, 0.29) is 0 Å². The maximum absolute atomic E-state index is 11.2. The van der Waals surface area contributed by atoms with E-state index in [4.69, 9.17) is 14.8 Å². The average molecular weight is 416 g/mol. The lowest BCUT2D eigenvalue weighted by Gasteiger charge is -2.21. The third-order valence-electron chi connectivity index (χ3n) is 4.60. The highest BCUT2D eigenvalue weighted by Gasteiger charge is 2.25. The summed E-state index contributed by atoms with van der Waals surface area (Å²) in [5.41, 5.74) is 3.99. The Labute approximate surface area is 167 Å². The number of fused-ring (bicyclic) bond motifs is 1. The number of anilines is 1. The van der Waals surface area contributed by atoms with Crippen LogP contribution in [0.1, 0.15) is 34.0 Å². The molecule has 4 rings (SSSR count). The van der Waals surface area contributed by atoms with Gasteiger partial charge in [-0.3, -0.25) is 9.27 Å². The van der Waals surface area contributed by atoms with Gasteiger partial charge in [0.2, 0.25) is 0 Å². The average Bonchev–Trinajstić information content (AvgIpc) is 3.23. The van der Waals surface area contributed by atoms with Gasteiger partial charge >= 0.3 is 10.3 Å². The second-order valence-electron chi connectivity index (χ2n) is 6.89. The van der Waals surface area contributed by atoms with Crippen LogP contribution in [0.5, 0.6) is 0 Å². The molecule has 4 N–H and O–H groups in total. The van der Waals surface area contributed by atoms with Crippen LogP contribution in [0.2, 0.25) is 0 Å². The Balaban J connectivity index is 1.67. The van der Waals surface area contributed by atoms with Crippen LogP contribution >= 0.6 is 0 Å². The summed E-state index contributed by atoms with van der Waals surface area (Å²) in [5, 5.41) is 10.1. The molecule has 2 aromatic heterocycles. The molecule has 3 aromatic rings. The summed E-state index contributed by atoms with van der Waals surface area (Å²) in [6, 6.07) is 8.99. The van der Waals surface area contributed by atoms with E-state index in [1.165, 1.54) is 5.01 Å². The van der Waals surface area contributed by atoms with Crippen LogP contribution in [-0.4, -0.2) is 33.0 Å². The molecule has 152 valence electrons. The van der Waals surface area contributed by atoms with Gasteiger partial charge in [0.25, 0.3) is 0 Å². The van der Waals surface area contributed by atoms with Crippen molar-refractivity contribution < 1.29 is 17.4 Å². The van der Waals surface area contributed by atoms with Crippen molar-refractivity contribution in [1.29, 1.82) is 0 Å². The van der Waals surface area contributed by atoms with E-state index >= 15 is 0 Å². The number of hydrogen-bond donors (Lipinski definition) is 3. The number of rotatable bonds is 5. The highest BCUT2D eigenvalue weighted by molar-refractivity contribution is 7.87. The monoisotopic (exact) mass is 416 g/mol. The summed E-state index contributed by atoms with van der Waals surface area (Å²) < 4.78 is 40.9. The maximum atomic E-state index is 11.2. The third-order valence-corrected chi connectivity index (χ3v) is 5.08. The summed E-state index contributed by atoms with van der Waals surface area (Å²) in [5.74, 6) is 7.49. The Hall–Kier alpha value is -3.15. The number of benzene rings is 1. The van der Waals surface area contributed by atoms with Crippen LogP contribution in [0.15, 0.2) is 40.9 Å². The second-order valence-corrected chi connectivity index (χ2v) is 8.05. The zero-order chi connectivity index (χ0) is 20.8. The number of furan rings is 1. The summed E-state index contributed by atoms with van der Waals surface area (Å²) in [6.07, 6.45) is 1.76. The number of aryl methyl sites for hydroxylation is 2. The number of nitrogens with one attached hydrogen (secondary N) is 1. The zero-order valence-corrected chi connectivity index (χ0v) is 16.6. The lowest BCUT2D eigenvalue weighted by molar-refractivity contribution is 0.365. The van der Waals surface area contributed by atoms with Crippen molar-refractivity contribution in [2.45, 2.75) is 26.9 Å². The van der Waals surface area contributed by atoms with E-state index in [1.54, 1.807) is 29.9 Å². The highest BCUT2D eigenvalue weighted by Crippen LogP contribution is 2.30. The predicted molar refractivity (Wildman–Crippen MR) is 106 cm³/mol. The first-order valence-corrected chi connectivity index (χ1v) is 10.2. The number of hydrogen-bond acceptors (Lipinski definition) is 7. The quantitative estimate of drug-likeness (QED) is 0.423. The smallest absolute Gasteiger partial charge is 0.357 e. The van der Waals surface area contributed by atoms with Gasteiger partial charge in [-0.25, -0.2) is 10.5 Å². The highest BCUT2D eigenvalue weighted by atomic mass is 32.2. The van der Waals surface area contributed by atoms with Gasteiger partial charge in [0.05, 0.1) is 30.0 Å². The lowest BCUT2D eigenvalue weighted by Crippen LogP contribution is -2.29. The number of hydrazine groups is 1.